The Morgan fingerprint density at radius 1 is 0.950 bits per heavy atom. The Bertz CT molecular complexity index is 602. The summed E-state index contributed by atoms with van der Waals surface area (Å²) in [5.41, 5.74) is 7.34. The number of aryl methyl sites for hydroxylation is 1. The van der Waals surface area contributed by atoms with Crippen molar-refractivity contribution in [3.05, 3.63) is 53.6 Å². The van der Waals surface area contributed by atoms with Gasteiger partial charge in [-0.3, -0.25) is 0 Å². The highest BCUT2D eigenvalue weighted by atomic mass is 19.2. The van der Waals surface area contributed by atoms with Gasteiger partial charge in [-0.25, -0.2) is 8.78 Å². The lowest BCUT2D eigenvalue weighted by molar-refractivity contribution is 0.217. The Morgan fingerprint density at radius 3 is 2.45 bits per heavy atom. The molecule has 0 fully saturated rings. The van der Waals surface area contributed by atoms with Gasteiger partial charge in [0.05, 0.1) is 5.69 Å². The maximum absolute atomic E-state index is 12.9. The molecule has 106 valence electrons. The quantitative estimate of drug-likeness (QED) is 0.674. The summed E-state index contributed by atoms with van der Waals surface area (Å²) in [6.45, 7) is 2.40. The molecule has 5 heteroatoms. The monoisotopic (exact) mass is 279 g/mol. The number of nitrogen functional groups attached to an aromatic ring is 1. The fraction of sp³-hybridized carbons (Fsp3) is 0.200. The van der Waals surface area contributed by atoms with Crippen LogP contribution < -0.4 is 15.2 Å². The summed E-state index contributed by atoms with van der Waals surface area (Å²) < 4.78 is 36.4. The third-order valence-electron chi connectivity index (χ3n) is 2.67. The Labute approximate surface area is 115 Å². The number of nitrogens with two attached hydrogens (primary N) is 1. The van der Waals surface area contributed by atoms with Crippen LogP contribution in [0.5, 0.6) is 11.5 Å². The van der Waals surface area contributed by atoms with Crippen LogP contribution in [0.3, 0.4) is 0 Å². The molecule has 2 N–H and O–H groups in total. The van der Waals surface area contributed by atoms with Gasteiger partial charge >= 0.3 is 0 Å². The van der Waals surface area contributed by atoms with Gasteiger partial charge < -0.3 is 15.2 Å². The molecule has 20 heavy (non-hydrogen) atoms. The van der Waals surface area contributed by atoms with Gasteiger partial charge in [-0.1, -0.05) is 6.07 Å². The van der Waals surface area contributed by atoms with Crippen LogP contribution in [0.25, 0.3) is 0 Å². The van der Waals surface area contributed by atoms with Gasteiger partial charge in [0.25, 0.3) is 0 Å². The van der Waals surface area contributed by atoms with E-state index in [1.165, 1.54) is 6.07 Å². The molecule has 2 aromatic carbocycles. The van der Waals surface area contributed by atoms with Crippen molar-refractivity contribution in [1.82, 2.24) is 0 Å². The van der Waals surface area contributed by atoms with Crippen LogP contribution in [-0.4, -0.2) is 13.2 Å². The Balaban J connectivity index is 1.84. The normalized spacial score (nSPS) is 10.3. The van der Waals surface area contributed by atoms with Crippen molar-refractivity contribution in [2.24, 2.45) is 0 Å². The van der Waals surface area contributed by atoms with Gasteiger partial charge in [-0.15, -0.1) is 0 Å². The molecule has 0 aliphatic heterocycles. The molecule has 0 spiro atoms. The van der Waals surface area contributed by atoms with Gasteiger partial charge in [0.1, 0.15) is 24.7 Å². The Morgan fingerprint density at radius 2 is 1.70 bits per heavy atom. The Hall–Kier alpha value is -2.30. The third-order valence-corrected chi connectivity index (χ3v) is 2.67. The highest BCUT2D eigenvalue weighted by Crippen LogP contribution is 2.22. The highest BCUT2D eigenvalue weighted by molar-refractivity contribution is 5.53. The largest absolute Gasteiger partial charge is 0.490 e. The van der Waals surface area contributed by atoms with Crippen LogP contribution in [0.15, 0.2) is 36.4 Å². The fourth-order valence-corrected chi connectivity index (χ4v) is 1.64. The lowest BCUT2D eigenvalue weighted by Crippen LogP contribution is -2.10. The van der Waals surface area contributed by atoms with Crippen LogP contribution in [-0.2, 0) is 0 Å². The summed E-state index contributed by atoms with van der Waals surface area (Å²) in [7, 11) is 0. The maximum atomic E-state index is 12.9. The Kier molecular flexibility index (Phi) is 4.40. The molecule has 0 unspecified atom stereocenters. The van der Waals surface area contributed by atoms with Crippen molar-refractivity contribution in [3.8, 4) is 11.5 Å². The van der Waals surface area contributed by atoms with E-state index in [-0.39, 0.29) is 19.0 Å². The summed E-state index contributed by atoms with van der Waals surface area (Å²) in [6, 6.07) is 8.85. The summed E-state index contributed by atoms with van der Waals surface area (Å²) >= 11 is 0. The van der Waals surface area contributed by atoms with Crippen molar-refractivity contribution >= 4 is 5.69 Å². The molecular weight excluding hydrogens is 264 g/mol. The first kappa shape index (κ1) is 14.1. The molecule has 0 heterocycles. The molecule has 3 nitrogen and oxygen atoms in total. The molecule has 0 saturated heterocycles. The van der Waals surface area contributed by atoms with E-state index in [0.717, 1.165) is 17.7 Å². The lowest BCUT2D eigenvalue weighted by Gasteiger charge is -2.10. The molecule has 0 radical (unpaired) electrons. The molecule has 0 aliphatic rings. The number of rotatable bonds is 5. The predicted octanol–water partition coefficient (Wildman–Crippen LogP) is 3.31. The predicted molar refractivity (Wildman–Crippen MR) is 72.9 cm³/mol. The van der Waals surface area contributed by atoms with Crippen molar-refractivity contribution in [3.63, 3.8) is 0 Å². The second-order valence-electron chi connectivity index (χ2n) is 4.31. The van der Waals surface area contributed by atoms with E-state index in [1.807, 2.05) is 19.1 Å². The minimum absolute atomic E-state index is 0.207. The molecule has 0 aliphatic carbocycles. The zero-order chi connectivity index (χ0) is 14.5. The molecular formula is C15H15F2NO2. The number of halogens is 2. The van der Waals surface area contributed by atoms with Gasteiger partial charge in [0, 0.05) is 6.07 Å². The fourth-order valence-electron chi connectivity index (χ4n) is 1.64. The average molecular weight is 279 g/mol. The van der Waals surface area contributed by atoms with E-state index >= 15 is 0 Å². The van der Waals surface area contributed by atoms with Crippen LogP contribution in [0, 0.1) is 18.6 Å². The van der Waals surface area contributed by atoms with Crippen molar-refractivity contribution in [2.75, 3.05) is 18.9 Å². The number of anilines is 1. The van der Waals surface area contributed by atoms with Crippen LogP contribution in [0.1, 0.15) is 5.56 Å². The maximum Gasteiger partial charge on any atom is 0.162 e. The molecule has 2 rings (SSSR count). The molecule has 0 bridgehead atoms. The van der Waals surface area contributed by atoms with Crippen molar-refractivity contribution in [2.45, 2.75) is 6.92 Å². The topological polar surface area (TPSA) is 44.5 Å². The smallest absolute Gasteiger partial charge is 0.162 e. The van der Waals surface area contributed by atoms with E-state index in [0.29, 0.717) is 11.4 Å². The van der Waals surface area contributed by atoms with E-state index in [1.54, 1.807) is 6.07 Å². The molecule has 2 aromatic rings. The van der Waals surface area contributed by atoms with E-state index in [9.17, 15) is 8.78 Å². The van der Waals surface area contributed by atoms with Gasteiger partial charge in [-0.05, 0) is 36.8 Å². The third kappa shape index (κ3) is 3.60. The van der Waals surface area contributed by atoms with Crippen LogP contribution in [0.2, 0.25) is 0 Å². The minimum Gasteiger partial charge on any atom is -0.490 e. The van der Waals surface area contributed by atoms with E-state index < -0.39 is 11.6 Å². The molecule has 0 amide bonds. The lowest BCUT2D eigenvalue weighted by atomic mass is 10.2. The van der Waals surface area contributed by atoms with Gasteiger partial charge in [0.2, 0.25) is 0 Å². The van der Waals surface area contributed by atoms with Crippen LogP contribution >= 0.6 is 0 Å². The number of ether oxygens (including phenoxy) is 2. The number of hydrogen-bond acceptors (Lipinski definition) is 3. The first-order valence-corrected chi connectivity index (χ1v) is 6.13. The van der Waals surface area contributed by atoms with Crippen LogP contribution in [0.4, 0.5) is 14.5 Å². The molecule has 0 saturated carbocycles. The SMILES string of the molecule is Cc1ccc(N)c(OCCOc2ccc(F)c(F)c2)c1. The summed E-state index contributed by atoms with van der Waals surface area (Å²) in [5, 5.41) is 0. The van der Waals surface area contributed by atoms with Gasteiger partial charge in [0.15, 0.2) is 11.6 Å². The zero-order valence-electron chi connectivity index (χ0n) is 11.0. The standard InChI is InChI=1S/C15H15F2NO2/c1-10-2-5-14(18)15(8-10)20-7-6-19-11-3-4-12(16)13(17)9-11/h2-5,8-9H,6-7,18H2,1H3. The van der Waals surface area contributed by atoms with E-state index in [4.69, 9.17) is 15.2 Å². The number of benzene rings is 2. The van der Waals surface area contributed by atoms with Crippen molar-refractivity contribution in [1.29, 1.82) is 0 Å². The summed E-state index contributed by atoms with van der Waals surface area (Å²) in [6.07, 6.45) is 0. The number of hydrogen-bond donors (Lipinski definition) is 1. The highest BCUT2D eigenvalue weighted by Gasteiger charge is 2.04. The minimum atomic E-state index is -0.939. The first-order valence-electron chi connectivity index (χ1n) is 6.13. The van der Waals surface area contributed by atoms with Gasteiger partial charge in [-0.2, -0.15) is 0 Å². The first-order chi connectivity index (χ1) is 9.56. The summed E-state index contributed by atoms with van der Waals surface area (Å²) in [4.78, 5) is 0. The second kappa shape index (κ2) is 6.23. The van der Waals surface area contributed by atoms with E-state index in [2.05, 4.69) is 0 Å². The summed E-state index contributed by atoms with van der Waals surface area (Å²) in [5.74, 6) is -1.00. The average Bonchev–Trinajstić information content (AvgIpc) is 2.42. The molecule has 0 aromatic heterocycles. The molecule has 0 atom stereocenters. The van der Waals surface area contributed by atoms with Crippen molar-refractivity contribution < 1.29 is 18.3 Å². The zero-order valence-corrected chi connectivity index (χ0v) is 11.0. The second-order valence-corrected chi connectivity index (χ2v) is 4.31.